The van der Waals surface area contributed by atoms with Crippen LogP contribution in [0.15, 0.2) is 35.2 Å². The number of hydrogen-bond acceptors (Lipinski definition) is 5. The number of morpholine rings is 1. The quantitative estimate of drug-likeness (QED) is 0.757. The third-order valence-corrected chi connectivity index (χ3v) is 6.40. The Morgan fingerprint density at radius 3 is 2.54 bits per heavy atom. The van der Waals surface area contributed by atoms with E-state index in [9.17, 15) is 8.42 Å². The van der Waals surface area contributed by atoms with E-state index in [1.165, 1.54) is 5.56 Å². The van der Waals surface area contributed by atoms with Crippen molar-refractivity contribution in [1.82, 2.24) is 19.8 Å². The molecule has 1 unspecified atom stereocenters. The highest BCUT2D eigenvalue weighted by Gasteiger charge is 2.26. The number of ether oxygens (including phenoxy) is 1. The van der Waals surface area contributed by atoms with Crippen LogP contribution in [0, 0.1) is 13.8 Å². The summed E-state index contributed by atoms with van der Waals surface area (Å²) in [6, 6.07) is 10.2. The van der Waals surface area contributed by atoms with Crippen LogP contribution in [0.25, 0.3) is 0 Å². The molecule has 1 aromatic carbocycles. The molecule has 1 atom stereocenters. The van der Waals surface area contributed by atoms with Crippen LogP contribution >= 0.6 is 0 Å². The first kappa shape index (κ1) is 19.0. The van der Waals surface area contributed by atoms with Gasteiger partial charge < -0.3 is 4.74 Å². The van der Waals surface area contributed by atoms with Crippen molar-refractivity contribution in [3.63, 3.8) is 0 Å². The Morgan fingerprint density at radius 2 is 1.92 bits per heavy atom. The second kappa shape index (κ2) is 8.30. The number of rotatable bonds is 7. The summed E-state index contributed by atoms with van der Waals surface area (Å²) in [7, 11) is -3.61. The fourth-order valence-electron chi connectivity index (χ4n) is 3.37. The van der Waals surface area contributed by atoms with Crippen molar-refractivity contribution in [3.8, 4) is 0 Å². The van der Waals surface area contributed by atoms with Crippen molar-refractivity contribution >= 4 is 10.0 Å². The van der Waals surface area contributed by atoms with Crippen LogP contribution in [-0.4, -0.2) is 62.4 Å². The van der Waals surface area contributed by atoms with E-state index in [1.54, 1.807) is 13.8 Å². The molecule has 0 spiro atoms. The first-order valence-corrected chi connectivity index (χ1v) is 10.3. The van der Waals surface area contributed by atoms with Gasteiger partial charge in [-0.05, 0) is 25.8 Å². The van der Waals surface area contributed by atoms with Gasteiger partial charge in [0.05, 0.1) is 24.6 Å². The molecular weight excluding hydrogens is 352 g/mol. The van der Waals surface area contributed by atoms with Crippen molar-refractivity contribution in [1.29, 1.82) is 0 Å². The third-order valence-electron chi connectivity index (χ3n) is 4.71. The standard InChI is InChI=1S/C18H26N4O3S/c1-14-18(15(2)21-20-14)26(23,24)19-13-17(22-8-10-25-11-9-22)12-16-6-4-3-5-7-16/h3-7,17,19H,8-13H2,1-2H3,(H,20,21). The minimum Gasteiger partial charge on any atom is -0.379 e. The van der Waals surface area contributed by atoms with Crippen LogP contribution in [0.3, 0.4) is 0 Å². The van der Waals surface area contributed by atoms with Gasteiger partial charge in [0.25, 0.3) is 0 Å². The fourth-order valence-corrected chi connectivity index (χ4v) is 4.81. The molecule has 142 valence electrons. The molecule has 1 aromatic heterocycles. The van der Waals surface area contributed by atoms with Crippen LogP contribution in [0.2, 0.25) is 0 Å². The molecule has 2 heterocycles. The van der Waals surface area contributed by atoms with Gasteiger partial charge in [0.1, 0.15) is 4.90 Å². The zero-order chi connectivity index (χ0) is 18.6. The highest BCUT2D eigenvalue weighted by molar-refractivity contribution is 7.89. The molecule has 2 aromatic rings. The van der Waals surface area contributed by atoms with Gasteiger partial charge in [-0.25, -0.2) is 13.1 Å². The summed E-state index contributed by atoms with van der Waals surface area (Å²) in [5.41, 5.74) is 2.24. The molecule has 1 aliphatic heterocycles. The lowest BCUT2D eigenvalue weighted by Crippen LogP contribution is -2.49. The summed E-state index contributed by atoms with van der Waals surface area (Å²) in [6.07, 6.45) is 0.784. The molecule has 1 aliphatic rings. The maximum atomic E-state index is 12.8. The number of aryl methyl sites for hydroxylation is 2. The van der Waals surface area contributed by atoms with Gasteiger partial charge in [-0.3, -0.25) is 10.00 Å². The Hall–Kier alpha value is -1.74. The van der Waals surface area contributed by atoms with E-state index in [4.69, 9.17) is 4.74 Å². The monoisotopic (exact) mass is 378 g/mol. The number of sulfonamides is 1. The van der Waals surface area contributed by atoms with Crippen LogP contribution in [0.1, 0.15) is 17.0 Å². The number of H-pyrrole nitrogens is 1. The molecule has 0 amide bonds. The molecule has 1 saturated heterocycles. The molecule has 0 saturated carbocycles. The molecule has 2 N–H and O–H groups in total. The van der Waals surface area contributed by atoms with Gasteiger partial charge in [-0.15, -0.1) is 0 Å². The van der Waals surface area contributed by atoms with Crippen molar-refractivity contribution in [2.45, 2.75) is 31.2 Å². The number of hydrogen-bond donors (Lipinski definition) is 2. The van der Waals surface area contributed by atoms with Crippen molar-refractivity contribution in [2.75, 3.05) is 32.8 Å². The minimum absolute atomic E-state index is 0.0728. The number of nitrogens with one attached hydrogen (secondary N) is 2. The van der Waals surface area contributed by atoms with Crippen molar-refractivity contribution in [2.24, 2.45) is 0 Å². The topological polar surface area (TPSA) is 87.3 Å². The molecule has 1 fully saturated rings. The van der Waals surface area contributed by atoms with Gasteiger partial charge in [-0.1, -0.05) is 30.3 Å². The van der Waals surface area contributed by atoms with Crippen molar-refractivity contribution in [3.05, 3.63) is 47.3 Å². The Balaban J connectivity index is 1.74. The molecule has 0 bridgehead atoms. The average Bonchev–Trinajstić information content (AvgIpc) is 2.99. The molecule has 8 heteroatoms. The van der Waals surface area contributed by atoms with E-state index >= 15 is 0 Å². The van der Waals surface area contributed by atoms with E-state index in [0.717, 1.165) is 19.5 Å². The summed E-state index contributed by atoms with van der Waals surface area (Å²) in [4.78, 5) is 2.55. The van der Waals surface area contributed by atoms with Gasteiger partial charge >= 0.3 is 0 Å². The lowest BCUT2D eigenvalue weighted by Gasteiger charge is -2.34. The van der Waals surface area contributed by atoms with Crippen LogP contribution in [0.4, 0.5) is 0 Å². The van der Waals surface area contributed by atoms with Gasteiger partial charge in [-0.2, -0.15) is 5.10 Å². The largest absolute Gasteiger partial charge is 0.379 e. The third kappa shape index (κ3) is 4.50. The normalized spacial score (nSPS) is 17.3. The van der Waals surface area contributed by atoms with Crippen LogP contribution in [0.5, 0.6) is 0 Å². The molecule has 3 rings (SSSR count). The second-order valence-electron chi connectivity index (χ2n) is 6.61. The number of benzene rings is 1. The highest BCUT2D eigenvalue weighted by atomic mass is 32.2. The van der Waals surface area contributed by atoms with E-state index in [0.29, 0.717) is 31.1 Å². The first-order valence-electron chi connectivity index (χ1n) is 8.84. The molecular formula is C18H26N4O3S. The lowest BCUT2D eigenvalue weighted by atomic mass is 10.0. The summed E-state index contributed by atoms with van der Waals surface area (Å²) >= 11 is 0. The summed E-state index contributed by atoms with van der Waals surface area (Å²) in [6.45, 7) is 6.74. The average molecular weight is 378 g/mol. The number of nitrogens with zero attached hydrogens (tertiary/aromatic N) is 2. The van der Waals surface area contributed by atoms with E-state index in [2.05, 4.69) is 32.0 Å². The van der Waals surface area contributed by atoms with Gasteiger partial charge in [0, 0.05) is 25.7 Å². The van der Waals surface area contributed by atoms with Gasteiger partial charge in [0.2, 0.25) is 10.0 Å². The van der Waals surface area contributed by atoms with Crippen molar-refractivity contribution < 1.29 is 13.2 Å². The van der Waals surface area contributed by atoms with E-state index in [1.807, 2.05) is 18.2 Å². The predicted molar refractivity (Wildman–Crippen MR) is 99.6 cm³/mol. The maximum Gasteiger partial charge on any atom is 0.244 e. The summed E-state index contributed by atoms with van der Waals surface area (Å²) in [5, 5.41) is 6.73. The number of aromatic amines is 1. The van der Waals surface area contributed by atoms with Crippen LogP contribution in [-0.2, 0) is 21.2 Å². The minimum atomic E-state index is -3.61. The van der Waals surface area contributed by atoms with E-state index in [-0.39, 0.29) is 10.9 Å². The molecule has 7 nitrogen and oxygen atoms in total. The Morgan fingerprint density at radius 1 is 1.23 bits per heavy atom. The number of aromatic nitrogens is 2. The first-order chi connectivity index (χ1) is 12.5. The van der Waals surface area contributed by atoms with Crippen LogP contribution < -0.4 is 4.72 Å². The zero-order valence-corrected chi connectivity index (χ0v) is 16.1. The predicted octanol–water partition coefficient (Wildman–Crippen LogP) is 1.25. The summed E-state index contributed by atoms with van der Waals surface area (Å²) < 4.78 is 33.8. The SMILES string of the molecule is Cc1n[nH]c(C)c1S(=O)(=O)NCC(Cc1ccccc1)N1CCOCC1. The highest BCUT2D eigenvalue weighted by Crippen LogP contribution is 2.17. The Kier molecular flexibility index (Phi) is 6.08. The Bertz CT molecular complexity index is 795. The fraction of sp³-hybridized carbons (Fsp3) is 0.500. The van der Waals surface area contributed by atoms with Gasteiger partial charge in [0.15, 0.2) is 0 Å². The molecule has 26 heavy (non-hydrogen) atoms. The maximum absolute atomic E-state index is 12.8. The zero-order valence-electron chi connectivity index (χ0n) is 15.2. The Labute approximate surface area is 154 Å². The summed E-state index contributed by atoms with van der Waals surface area (Å²) in [5.74, 6) is 0. The molecule has 0 radical (unpaired) electrons. The molecule has 0 aliphatic carbocycles. The lowest BCUT2D eigenvalue weighted by molar-refractivity contribution is 0.0177. The van der Waals surface area contributed by atoms with E-state index < -0.39 is 10.0 Å². The second-order valence-corrected chi connectivity index (χ2v) is 8.31. The smallest absolute Gasteiger partial charge is 0.244 e.